The van der Waals surface area contributed by atoms with E-state index in [2.05, 4.69) is 20.8 Å². The number of anilines is 1. The average Bonchev–Trinajstić information content (AvgIpc) is 2.53. The van der Waals surface area contributed by atoms with Crippen LogP contribution in [0.5, 0.6) is 0 Å². The highest BCUT2D eigenvalue weighted by atomic mass is 16.3. The van der Waals surface area contributed by atoms with Crippen molar-refractivity contribution in [3.05, 3.63) is 53.7 Å². The van der Waals surface area contributed by atoms with Gasteiger partial charge in [-0.25, -0.2) is 0 Å². The lowest BCUT2D eigenvalue weighted by atomic mass is 9.96. The summed E-state index contributed by atoms with van der Waals surface area (Å²) in [6, 6.07) is 12.6. The first-order valence-electron chi connectivity index (χ1n) is 6.60. The fourth-order valence-electron chi connectivity index (χ4n) is 1.84. The number of nitrogens with zero attached hydrogens (tertiary/aromatic N) is 2. The molecule has 1 heterocycles. The van der Waals surface area contributed by atoms with E-state index >= 15 is 0 Å². The molecule has 2 aromatic rings. The van der Waals surface area contributed by atoms with Crippen molar-refractivity contribution >= 4 is 11.7 Å². The molecule has 3 N–H and O–H groups in total. The number of carbonyl (C=O) groups excluding carboxylic acids is 1. The van der Waals surface area contributed by atoms with Crippen LogP contribution in [-0.2, 0) is 5.60 Å². The molecule has 0 spiro atoms. The highest BCUT2D eigenvalue weighted by Crippen LogP contribution is 2.20. The molecule has 6 nitrogen and oxygen atoms in total. The molecule has 0 saturated heterocycles. The zero-order valence-electron chi connectivity index (χ0n) is 12.0. The molecule has 1 aromatic heterocycles. The van der Waals surface area contributed by atoms with Crippen LogP contribution in [0.1, 0.15) is 23.0 Å². The third kappa shape index (κ3) is 3.76. The standard InChI is InChI=1S/C15H18N4O2/c1-15(21,11-6-4-3-5-7-11)10-17-13-9-8-12(18-19-13)14(20)16-2/h3-9,21H,10H2,1-2H3,(H,16,20)(H,17,19). The molecule has 0 bridgehead atoms. The molecule has 1 unspecified atom stereocenters. The summed E-state index contributed by atoms with van der Waals surface area (Å²) in [6.45, 7) is 2.01. The Morgan fingerprint density at radius 3 is 2.48 bits per heavy atom. The van der Waals surface area contributed by atoms with E-state index in [4.69, 9.17) is 0 Å². The van der Waals surface area contributed by atoms with Crippen molar-refractivity contribution in [3.8, 4) is 0 Å². The Morgan fingerprint density at radius 1 is 1.19 bits per heavy atom. The van der Waals surface area contributed by atoms with Crippen LogP contribution in [0.2, 0.25) is 0 Å². The monoisotopic (exact) mass is 286 g/mol. The molecule has 0 saturated carbocycles. The van der Waals surface area contributed by atoms with Crippen molar-refractivity contribution in [2.24, 2.45) is 0 Å². The van der Waals surface area contributed by atoms with Crippen LogP contribution < -0.4 is 10.6 Å². The van der Waals surface area contributed by atoms with E-state index in [0.29, 0.717) is 5.82 Å². The van der Waals surface area contributed by atoms with Crippen molar-refractivity contribution in [2.75, 3.05) is 18.9 Å². The van der Waals surface area contributed by atoms with Gasteiger partial charge >= 0.3 is 0 Å². The summed E-state index contributed by atoms with van der Waals surface area (Å²) in [5, 5.41) is 23.7. The van der Waals surface area contributed by atoms with E-state index in [1.165, 1.54) is 7.05 Å². The lowest BCUT2D eigenvalue weighted by molar-refractivity contribution is 0.0714. The average molecular weight is 286 g/mol. The number of amides is 1. The molecule has 2 rings (SSSR count). The third-order valence-corrected chi connectivity index (χ3v) is 3.13. The number of hydrogen-bond donors (Lipinski definition) is 3. The van der Waals surface area contributed by atoms with E-state index in [1.807, 2.05) is 30.3 Å². The summed E-state index contributed by atoms with van der Waals surface area (Å²) in [7, 11) is 1.53. The highest BCUT2D eigenvalue weighted by Gasteiger charge is 2.22. The third-order valence-electron chi connectivity index (χ3n) is 3.13. The van der Waals surface area contributed by atoms with Gasteiger partial charge in [-0.3, -0.25) is 4.79 Å². The first-order chi connectivity index (χ1) is 10.0. The van der Waals surface area contributed by atoms with Crippen molar-refractivity contribution in [3.63, 3.8) is 0 Å². The summed E-state index contributed by atoms with van der Waals surface area (Å²) in [4.78, 5) is 11.4. The topological polar surface area (TPSA) is 87.1 Å². The molecular formula is C15H18N4O2. The summed E-state index contributed by atoms with van der Waals surface area (Å²) in [5.74, 6) is 0.212. The fourth-order valence-corrected chi connectivity index (χ4v) is 1.84. The second-order valence-corrected chi connectivity index (χ2v) is 4.88. The number of rotatable bonds is 5. The number of aromatic nitrogens is 2. The van der Waals surface area contributed by atoms with Gasteiger partial charge in [0.2, 0.25) is 0 Å². The molecule has 1 amide bonds. The zero-order valence-corrected chi connectivity index (χ0v) is 12.0. The number of hydrogen-bond acceptors (Lipinski definition) is 5. The molecular weight excluding hydrogens is 268 g/mol. The SMILES string of the molecule is CNC(=O)c1ccc(NCC(C)(O)c2ccccc2)nn1. The van der Waals surface area contributed by atoms with Crippen LogP contribution in [0.15, 0.2) is 42.5 Å². The van der Waals surface area contributed by atoms with E-state index in [0.717, 1.165) is 5.56 Å². The molecule has 0 aliphatic rings. The predicted molar refractivity (Wildman–Crippen MR) is 79.9 cm³/mol. The minimum Gasteiger partial charge on any atom is -0.384 e. The second-order valence-electron chi connectivity index (χ2n) is 4.88. The number of nitrogens with one attached hydrogen (secondary N) is 2. The number of benzene rings is 1. The molecule has 1 aromatic carbocycles. The Kier molecular flexibility index (Phi) is 4.49. The van der Waals surface area contributed by atoms with Gasteiger partial charge in [-0.1, -0.05) is 30.3 Å². The smallest absolute Gasteiger partial charge is 0.271 e. The predicted octanol–water partition coefficient (Wildman–Crippen LogP) is 1.16. The molecule has 0 fully saturated rings. The maximum atomic E-state index is 11.4. The van der Waals surface area contributed by atoms with Crippen molar-refractivity contribution < 1.29 is 9.90 Å². The minimum absolute atomic E-state index is 0.248. The summed E-state index contributed by atoms with van der Waals surface area (Å²) >= 11 is 0. The largest absolute Gasteiger partial charge is 0.384 e. The lowest BCUT2D eigenvalue weighted by Crippen LogP contribution is -2.31. The quantitative estimate of drug-likeness (QED) is 0.767. The van der Waals surface area contributed by atoms with Crippen molar-refractivity contribution in [1.29, 1.82) is 0 Å². The molecule has 0 aliphatic heterocycles. The molecule has 6 heteroatoms. The molecule has 0 radical (unpaired) electrons. The molecule has 110 valence electrons. The van der Waals surface area contributed by atoms with Crippen LogP contribution in [0.4, 0.5) is 5.82 Å². The van der Waals surface area contributed by atoms with E-state index < -0.39 is 5.60 Å². The maximum absolute atomic E-state index is 11.4. The lowest BCUT2D eigenvalue weighted by Gasteiger charge is -2.24. The van der Waals surface area contributed by atoms with Gasteiger partial charge in [-0.05, 0) is 24.6 Å². The van der Waals surface area contributed by atoms with Crippen molar-refractivity contribution in [2.45, 2.75) is 12.5 Å². The Labute approximate surface area is 123 Å². The van der Waals surface area contributed by atoms with Gasteiger partial charge in [0.25, 0.3) is 5.91 Å². The van der Waals surface area contributed by atoms with Crippen molar-refractivity contribution in [1.82, 2.24) is 15.5 Å². The first kappa shape index (κ1) is 14.9. The van der Waals surface area contributed by atoms with E-state index in [1.54, 1.807) is 19.1 Å². The number of carbonyl (C=O) groups is 1. The van der Waals surface area contributed by atoms with Crippen LogP contribution in [-0.4, -0.2) is 34.8 Å². The van der Waals surface area contributed by atoms with Gasteiger partial charge in [0.05, 0.1) is 0 Å². The Balaban J connectivity index is 2.01. The van der Waals surface area contributed by atoms with Gasteiger partial charge in [0.15, 0.2) is 5.69 Å². The summed E-state index contributed by atoms with van der Waals surface area (Å²) in [5.41, 5.74) is 0.0351. The molecule has 0 aliphatic carbocycles. The van der Waals surface area contributed by atoms with Crippen LogP contribution in [0.25, 0.3) is 0 Å². The van der Waals surface area contributed by atoms with Gasteiger partial charge in [0, 0.05) is 13.6 Å². The Morgan fingerprint density at radius 2 is 1.90 bits per heavy atom. The Hall–Kier alpha value is -2.47. The van der Waals surface area contributed by atoms with Crippen LogP contribution >= 0.6 is 0 Å². The molecule has 21 heavy (non-hydrogen) atoms. The first-order valence-corrected chi connectivity index (χ1v) is 6.60. The van der Waals surface area contributed by atoms with E-state index in [9.17, 15) is 9.90 Å². The summed E-state index contributed by atoms with van der Waals surface area (Å²) in [6.07, 6.45) is 0. The minimum atomic E-state index is -1.03. The Bertz CT molecular complexity index is 597. The van der Waals surface area contributed by atoms with Gasteiger partial charge in [-0.2, -0.15) is 0 Å². The fraction of sp³-hybridized carbons (Fsp3) is 0.267. The second kappa shape index (κ2) is 6.32. The highest BCUT2D eigenvalue weighted by molar-refractivity contribution is 5.91. The van der Waals surface area contributed by atoms with Crippen LogP contribution in [0.3, 0.4) is 0 Å². The van der Waals surface area contributed by atoms with Gasteiger partial charge in [-0.15, -0.1) is 10.2 Å². The van der Waals surface area contributed by atoms with E-state index in [-0.39, 0.29) is 18.1 Å². The van der Waals surface area contributed by atoms with Crippen LogP contribution in [0, 0.1) is 0 Å². The summed E-state index contributed by atoms with van der Waals surface area (Å²) < 4.78 is 0. The van der Waals surface area contributed by atoms with Gasteiger partial charge < -0.3 is 15.7 Å². The van der Waals surface area contributed by atoms with Gasteiger partial charge in [0.1, 0.15) is 11.4 Å². The maximum Gasteiger partial charge on any atom is 0.271 e. The normalized spacial score (nSPS) is 13.3. The molecule has 1 atom stereocenters. The zero-order chi connectivity index (χ0) is 15.3. The number of aliphatic hydroxyl groups is 1.